The van der Waals surface area contributed by atoms with Crippen molar-refractivity contribution in [2.24, 2.45) is 0 Å². The minimum Gasteiger partial charge on any atom is -0.368 e. The molecule has 19 heavy (non-hydrogen) atoms. The molecule has 0 saturated carbocycles. The van der Waals surface area contributed by atoms with Crippen molar-refractivity contribution >= 4 is 11.8 Å². The summed E-state index contributed by atoms with van der Waals surface area (Å²) in [4.78, 5) is 6.80. The summed E-state index contributed by atoms with van der Waals surface area (Å²) in [5.41, 5.74) is 4.68. The normalized spacial score (nSPS) is 11.6. The lowest BCUT2D eigenvalue weighted by Gasteiger charge is -2.09. The topological polar surface area (TPSA) is 89.9 Å². The zero-order valence-corrected chi connectivity index (χ0v) is 9.82. The van der Waals surface area contributed by atoms with Crippen LogP contribution in [-0.4, -0.2) is 15.1 Å². The van der Waals surface area contributed by atoms with Gasteiger partial charge in [-0.15, -0.1) is 0 Å². The van der Waals surface area contributed by atoms with Gasteiger partial charge in [0.05, 0.1) is 6.54 Å². The second kappa shape index (κ2) is 4.75. The number of aromatic nitrogens is 3. The van der Waals surface area contributed by atoms with Crippen molar-refractivity contribution in [2.75, 3.05) is 11.1 Å². The van der Waals surface area contributed by atoms with Crippen molar-refractivity contribution in [1.82, 2.24) is 15.1 Å². The van der Waals surface area contributed by atoms with Crippen LogP contribution < -0.4 is 11.1 Å². The average molecular weight is 273 g/mol. The molecule has 0 saturated heterocycles. The molecule has 2 rings (SSSR count). The number of halogens is 3. The first-order valence-electron chi connectivity index (χ1n) is 5.22. The van der Waals surface area contributed by atoms with Crippen LogP contribution in [0.5, 0.6) is 0 Å². The van der Waals surface area contributed by atoms with E-state index < -0.39 is 17.8 Å². The average Bonchev–Trinajstić information content (AvgIpc) is 2.71. The Morgan fingerprint density at radius 2 is 2.05 bits per heavy atom. The maximum atomic E-state index is 12.5. The maximum Gasteiger partial charge on any atom is 0.433 e. The monoisotopic (exact) mass is 273 g/mol. The highest BCUT2D eigenvalue weighted by atomic mass is 19.4. The number of hydrogen-bond acceptors (Lipinski definition) is 6. The van der Waals surface area contributed by atoms with Crippen LogP contribution in [0.4, 0.5) is 24.9 Å². The highest BCUT2D eigenvalue weighted by molar-refractivity contribution is 5.41. The Kier molecular flexibility index (Phi) is 3.28. The van der Waals surface area contributed by atoms with Gasteiger partial charge in [0.2, 0.25) is 5.95 Å². The molecule has 0 atom stereocenters. The van der Waals surface area contributed by atoms with Gasteiger partial charge >= 0.3 is 6.18 Å². The van der Waals surface area contributed by atoms with Crippen molar-refractivity contribution in [3.05, 3.63) is 29.3 Å². The molecule has 0 radical (unpaired) electrons. The molecular formula is C10H10F3N5O. The van der Waals surface area contributed by atoms with Crippen LogP contribution in [0, 0.1) is 6.92 Å². The van der Waals surface area contributed by atoms with Gasteiger partial charge in [-0.1, -0.05) is 5.16 Å². The number of nitrogens with one attached hydrogen (secondary N) is 1. The van der Waals surface area contributed by atoms with E-state index in [1.807, 2.05) is 0 Å². The van der Waals surface area contributed by atoms with Crippen molar-refractivity contribution in [3.63, 3.8) is 0 Å². The molecule has 3 N–H and O–H groups in total. The van der Waals surface area contributed by atoms with E-state index in [0.29, 0.717) is 11.5 Å². The third-order valence-electron chi connectivity index (χ3n) is 2.16. The number of nitrogens with two attached hydrogens (primary N) is 1. The van der Waals surface area contributed by atoms with E-state index >= 15 is 0 Å². The SMILES string of the molecule is Cc1cc(CNc2cc(C(F)(F)F)nc(N)n2)no1. The molecule has 0 bridgehead atoms. The lowest BCUT2D eigenvalue weighted by molar-refractivity contribution is -0.141. The molecular weight excluding hydrogens is 263 g/mol. The van der Waals surface area contributed by atoms with Crippen molar-refractivity contribution in [3.8, 4) is 0 Å². The fourth-order valence-electron chi connectivity index (χ4n) is 1.38. The van der Waals surface area contributed by atoms with E-state index in [2.05, 4.69) is 20.4 Å². The molecule has 0 aliphatic carbocycles. The van der Waals surface area contributed by atoms with E-state index in [1.54, 1.807) is 13.0 Å². The van der Waals surface area contributed by atoms with Crippen molar-refractivity contribution in [1.29, 1.82) is 0 Å². The molecule has 2 heterocycles. The quantitative estimate of drug-likeness (QED) is 0.888. The molecule has 2 aromatic rings. The summed E-state index contributed by atoms with van der Waals surface area (Å²) in [6.45, 7) is 1.88. The number of alkyl halides is 3. The van der Waals surface area contributed by atoms with Gasteiger partial charge in [-0.25, -0.2) is 4.98 Å². The molecule has 0 aliphatic heterocycles. The van der Waals surface area contributed by atoms with Gasteiger partial charge in [-0.3, -0.25) is 0 Å². The fraction of sp³-hybridized carbons (Fsp3) is 0.300. The summed E-state index contributed by atoms with van der Waals surface area (Å²) in [6.07, 6.45) is -4.57. The van der Waals surface area contributed by atoms with Crippen LogP contribution >= 0.6 is 0 Å². The zero-order chi connectivity index (χ0) is 14.0. The summed E-state index contributed by atoms with van der Waals surface area (Å²) in [7, 11) is 0. The molecule has 9 heteroatoms. The Morgan fingerprint density at radius 3 is 2.63 bits per heavy atom. The van der Waals surface area contributed by atoms with Gasteiger partial charge in [0.25, 0.3) is 0 Å². The zero-order valence-electron chi connectivity index (χ0n) is 9.82. The number of hydrogen-bond donors (Lipinski definition) is 2. The summed E-state index contributed by atoms with van der Waals surface area (Å²) in [5.74, 6) is 0.129. The number of nitrogen functional groups attached to an aromatic ring is 1. The maximum absolute atomic E-state index is 12.5. The Balaban J connectivity index is 2.14. The lowest BCUT2D eigenvalue weighted by Crippen LogP contribution is -2.13. The number of nitrogens with zero attached hydrogens (tertiary/aromatic N) is 3. The van der Waals surface area contributed by atoms with Crippen LogP contribution in [0.1, 0.15) is 17.1 Å². The van der Waals surface area contributed by atoms with Crippen LogP contribution in [0.15, 0.2) is 16.7 Å². The van der Waals surface area contributed by atoms with Crippen molar-refractivity contribution < 1.29 is 17.7 Å². The summed E-state index contributed by atoms with van der Waals surface area (Å²) in [5, 5.41) is 6.36. The Labute approximate surface area is 105 Å². The minimum atomic E-state index is -4.57. The first-order chi connectivity index (χ1) is 8.84. The molecule has 0 aliphatic rings. The van der Waals surface area contributed by atoms with Gasteiger partial charge < -0.3 is 15.6 Å². The first-order valence-corrected chi connectivity index (χ1v) is 5.22. The highest BCUT2D eigenvalue weighted by Gasteiger charge is 2.33. The van der Waals surface area contributed by atoms with Crippen LogP contribution in [0.3, 0.4) is 0 Å². The van der Waals surface area contributed by atoms with E-state index in [-0.39, 0.29) is 12.4 Å². The lowest BCUT2D eigenvalue weighted by atomic mass is 10.3. The Bertz CT molecular complexity index is 581. The summed E-state index contributed by atoms with van der Waals surface area (Å²) < 4.78 is 42.4. The second-order valence-electron chi connectivity index (χ2n) is 3.78. The fourth-order valence-corrected chi connectivity index (χ4v) is 1.38. The predicted octanol–water partition coefficient (Wildman–Crippen LogP) is 1.99. The molecule has 0 unspecified atom stereocenters. The Hall–Kier alpha value is -2.32. The van der Waals surface area contributed by atoms with Gasteiger partial charge in [0.1, 0.15) is 17.3 Å². The summed E-state index contributed by atoms with van der Waals surface area (Å²) >= 11 is 0. The van der Waals surface area contributed by atoms with E-state index in [0.717, 1.165) is 6.07 Å². The number of anilines is 2. The minimum absolute atomic E-state index is 0.0273. The van der Waals surface area contributed by atoms with E-state index in [4.69, 9.17) is 10.3 Å². The van der Waals surface area contributed by atoms with Gasteiger partial charge in [-0.05, 0) is 6.92 Å². The largest absolute Gasteiger partial charge is 0.433 e. The Morgan fingerprint density at radius 1 is 1.32 bits per heavy atom. The van der Waals surface area contributed by atoms with E-state index in [1.165, 1.54) is 0 Å². The molecule has 2 aromatic heterocycles. The smallest absolute Gasteiger partial charge is 0.368 e. The van der Waals surface area contributed by atoms with Gasteiger partial charge in [0.15, 0.2) is 5.69 Å². The molecule has 102 valence electrons. The van der Waals surface area contributed by atoms with Crippen molar-refractivity contribution in [2.45, 2.75) is 19.6 Å². The third-order valence-corrected chi connectivity index (χ3v) is 2.16. The molecule has 0 fully saturated rings. The van der Waals surface area contributed by atoms with Crippen LogP contribution in [-0.2, 0) is 12.7 Å². The first kappa shape index (κ1) is 13.1. The summed E-state index contributed by atoms with van der Waals surface area (Å²) in [6, 6.07) is 2.44. The van der Waals surface area contributed by atoms with Crippen LogP contribution in [0.2, 0.25) is 0 Å². The predicted molar refractivity (Wildman–Crippen MR) is 60.0 cm³/mol. The second-order valence-corrected chi connectivity index (χ2v) is 3.78. The number of aryl methyl sites for hydroxylation is 1. The third kappa shape index (κ3) is 3.33. The van der Waals surface area contributed by atoms with Gasteiger partial charge in [-0.2, -0.15) is 18.2 Å². The molecule has 0 spiro atoms. The molecule has 6 nitrogen and oxygen atoms in total. The number of rotatable bonds is 3. The van der Waals surface area contributed by atoms with Gasteiger partial charge in [0, 0.05) is 12.1 Å². The standard InChI is InChI=1S/C10H10F3N5O/c1-5-2-6(18-19-5)4-15-8-3-7(10(11,12)13)16-9(14)17-8/h2-3H,4H2,1H3,(H3,14,15,16,17). The molecule has 0 aromatic carbocycles. The molecule has 0 amide bonds. The van der Waals surface area contributed by atoms with Crippen LogP contribution in [0.25, 0.3) is 0 Å². The highest BCUT2D eigenvalue weighted by Crippen LogP contribution is 2.29. The van der Waals surface area contributed by atoms with E-state index in [9.17, 15) is 13.2 Å².